The molecule has 1 aliphatic rings. The molecule has 1 aromatic carbocycles. The maximum absolute atomic E-state index is 5.81. The Morgan fingerprint density at radius 3 is 2.74 bits per heavy atom. The Kier molecular flexibility index (Phi) is 3.05. The standard InChI is InChI=1S/C16H21N3/c1-11(2)10-19(14-5-6-14)16-8-3-12-9-13(17)4-7-15(12)18-16/h3-4,7-9,11,14H,5-6,10,17H2,1-2H3. The van der Waals surface area contributed by atoms with Crippen LogP contribution in [0.3, 0.4) is 0 Å². The maximum atomic E-state index is 5.81. The number of hydrogen-bond acceptors (Lipinski definition) is 3. The van der Waals surface area contributed by atoms with E-state index in [2.05, 4.69) is 30.9 Å². The Bertz CT molecular complexity index is 588. The number of benzene rings is 1. The van der Waals surface area contributed by atoms with Crippen molar-refractivity contribution in [3.05, 3.63) is 30.3 Å². The highest BCUT2D eigenvalue weighted by molar-refractivity contribution is 5.83. The molecule has 3 heteroatoms. The van der Waals surface area contributed by atoms with Crippen molar-refractivity contribution in [3.8, 4) is 0 Å². The summed E-state index contributed by atoms with van der Waals surface area (Å²) in [7, 11) is 0. The summed E-state index contributed by atoms with van der Waals surface area (Å²) in [4.78, 5) is 7.26. The number of nitrogen functional groups attached to an aromatic ring is 1. The molecule has 0 saturated heterocycles. The lowest BCUT2D eigenvalue weighted by molar-refractivity contribution is 0.603. The van der Waals surface area contributed by atoms with E-state index < -0.39 is 0 Å². The average Bonchev–Trinajstić information content (AvgIpc) is 3.19. The molecule has 0 aliphatic heterocycles. The second kappa shape index (κ2) is 4.72. The summed E-state index contributed by atoms with van der Waals surface area (Å²) < 4.78 is 0. The molecule has 2 aromatic rings. The normalized spacial score (nSPS) is 15.1. The van der Waals surface area contributed by atoms with E-state index in [1.807, 2.05) is 18.2 Å². The molecule has 1 heterocycles. The molecular weight excluding hydrogens is 234 g/mol. The Balaban J connectivity index is 1.96. The molecule has 0 amide bonds. The van der Waals surface area contributed by atoms with E-state index in [1.54, 1.807) is 0 Å². The molecular formula is C16H21N3. The topological polar surface area (TPSA) is 42.1 Å². The second-order valence-electron chi connectivity index (χ2n) is 5.90. The van der Waals surface area contributed by atoms with Gasteiger partial charge in [-0.15, -0.1) is 0 Å². The SMILES string of the molecule is CC(C)CN(c1ccc2cc(N)ccc2n1)C1CC1. The average molecular weight is 255 g/mol. The maximum Gasteiger partial charge on any atom is 0.129 e. The van der Waals surface area contributed by atoms with Gasteiger partial charge in [-0.25, -0.2) is 4.98 Å². The predicted molar refractivity (Wildman–Crippen MR) is 81.4 cm³/mol. The third kappa shape index (κ3) is 2.65. The summed E-state index contributed by atoms with van der Waals surface area (Å²) in [5.41, 5.74) is 7.63. The third-order valence-corrected chi connectivity index (χ3v) is 3.54. The van der Waals surface area contributed by atoms with E-state index in [4.69, 9.17) is 10.7 Å². The zero-order chi connectivity index (χ0) is 13.4. The van der Waals surface area contributed by atoms with Crippen LogP contribution in [-0.4, -0.2) is 17.6 Å². The molecule has 3 nitrogen and oxygen atoms in total. The number of hydrogen-bond donors (Lipinski definition) is 1. The number of nitrogens with two attached hydrogens (primary N) is 1. The van der Waals surface area contributed by atoms with Gasteiger partial charge in [0, 0.05) is 23.7 Å². The van der Waals surface area contributed by atoms with Gasteiger partial charge in [-0.3, -0.25) is 0 Å². The van der Waals surface area contributed by atoms with Crippen LogP contribution in [0.1, 0.15) is 26.7 Å². The first-order valence-electron chi connectivity index (χ1n) is 7.06. The molecule has 1 saturated carbocycles. The molecule has 0 atom stereocenters. The van der Waals surface area contributed by atoms with E-state index in [0.29, 0.717) is 12.0 Å². The van der Waals surface area contributed by atoms with Gasteiger partial charge in [0.15, 0.2) is 0 Å². The molecule has 1 aromatic heterocycles. The molecule has 0 radical (unpaired) electrons. The molecule has 1 fully saturated rings. The van der Waals surface area contributed by atoms with Crippen LogP contribution in [0.5, 0.6) is 0 Å². The van der Waals surface area contributed by atoms with Crippen molar-refractivity contribution in [2.75, 3.05) is 17.2 Å². The van der Waals surface area contributed by atoms with Gasteiger partial charge in [-0.1, -0.05) is 13.8 Å². The highest BCUT2D eigenvalue weighted by Gasteiger charge is 2.30. The van der Waals surface area contributed by atoms with Crippen molar-refractivity contribution in [1.29, 1.82) is 0 Å². The third-order valence-electron chi connectivity index (χ3n) is 3.54. The Labute approximate surface area is 114 Å². The molecule has 1 aliphatic carbocycles. The van der Waals surface area contributed by atoms with E-state index in [0.717, 1.165) is 29.0 Å². The van der Waals surface area contributed by atoms with Crippen LogP contribution in [0.2, 0.25) is 0 Å². The van der Waals surface area contributed by atoms with Gasteiger partial charge in [-0.05, 0) is 49.1 Å². The van der Waals surface area contributed by atoms with Crippen molar-refractivity contribution in [2.24, 2.45) is 5.92 Å². The van der Waals surface area contributed by atoms with Gasteiger partial charge in [0.25, 0.3) is 0 Å². The summed E-state index contributed by atoms with van der Waals surface area (Å²) in [5.74, 6) is 1.76. The first-order chi connectivity index (χ1) is 9.13. The lowest BCUT2D eigenvalue weighted by Crippen LogP contribution is -2.30. The smallest absolute Gasteiger partial charge is 0.129 e. The molecule has 0 unspecified atom stereocenters. The largest absolute Gasteiger partial charge is 0.399 e. The van der Waals surface area contributed by atoms with Gasteiger partial charge in [0.1, 0.15) is 5.82 Å². The Hall–Kier alpha value is -1.77. The minimum absolute atomic E-state index is 0.657. The summed E-state index contributed by atoms with van der Waals surface area (Å²) >= 11 is 0. The van der Waals surface area contributed by atoms with Gasteiger partial charge >= 0.3 is 0 Å². The minimum Gasteiger partial charge on any atom is -0.399 e. The number of nitrogens with zero attached hydrogens (tertiary/aromatic N) is 2. The molecule has 19 heavy (non-hydrogen) atoms. The molecule has 2 N–H and O–H groups in total. The van der Waals surface area contributed by atoms with Crippen LogP contribution in [0.15, 0.2) is 30.3 Å². The zero-order valence-electron chi connectivity index (χ0n) is 11.6. The lowest BCUT2D eigenvalue weighted by atomic mass is 10.1. The number of fused-ring (bicyclic) bond motifs is 1. The first-order valence-corrected chi connectivity index (χ1v) is 7.06. The second-order valence-corrected chi connectivity index (χ2v) is 5.90. The quantitative estimate of drug-likeness (QED) is 0.851. The monoisotopic (exact) mass is 255 g/mol. The zero-order valence-corrected chi connectivity index (χ0v) is 11.6. The molecule has 3 rings (SSSR count). The van der Waals surface area contributed by atoms with Crippen LogP contribution >= 0.6 is 0 Å². The Morgan fingerprint density at radius 1 is 1.26 bits per heavy atom. The van der Waals surface area contributed by atoms with Gasteiger partial charge in [-0.2, -0.15) is 0 Å². The van der Waals surface area contributed by atoms with Crippen LogP contribution in [-0.2, 0) is 0 Å². The van der Waals surface area contributed by atoms with Crippen LogP contribution < -0.4 is 10.6 Å². The van der Waals surface area contributed by atoms with E-state index >= 15 is 0 Å². The fourth-order valence-electron chi connectivity index (χ4n) is 2.50. The van der Waals surface area contributed by atoms with Crippen molar-refractivity contribution in [1.82, 2.24) is 4.98 Å². The van der Waals surface area contributed by atoms with Gasteiger partial charge in [0.05, 0.1) is 5.52 Å². The Morgan fingerprint density at radius 2 is 2.05 bits per heavy atom. The fourth-order valence-corrected chi connectivity index (χ4v) is 2.50. The minimum atomic E-state index is 0.657. The van der Waals surface area contributed by atoms with Crippen LogP contribution in [0.25, 0.3) is 10.9 Å². The fraction of sp³-hybridized carbons (Fsp3) is 0.438. The summed E-state index contributed by atoms with van der Waals surface area (Å²) in [5, 5.41) is 1.11. The van der Waals surface area contributed by atoms with Gasteiger partial charge in [0.2, 0.25) is 0 Å². The van der Waals surface area contributed by atoms with Crippen molar-refractivity contribution in [3.63, 3.8) is 0 Å². The van der Waals surface area contributed by atoms with E-state index in [9.17, 15) is 0 Å². The summed E-state index contributed by atoms with van der Waals surface area (Å²) in [6.45, 7) is 5.60. The van der Waals surface area contributed by atoms with E-state index in [1.165, 1.54) is 12.8 Å². The van der Waals surface area contributed by atoms with Gasteiger partial charge < -0.3 is 10.6 Å². The number of pyridine rings is 1. The van der Waals surface area contributed by atoms with Crippen LogP contribution in [0, 0.1) is 5.92 Å². The number of rotatable bonds is 4. The summed E-state index contributed by atoms with van der Waals surface area (Å²) in [6, 6.07) is 10.9. The predicted octanol–water partition coefficient (Wildman–Crippen LogP) is 3.44. The van der Waals surface area contributed by atoms with Crippen molar-refractivity contribution in [2.45, 2.75) is 32.7 Å². The number of aromatic nitrogens is 1. The number of anilines is 2. The van der Waals surface area contributed by atoms with Crippen LogP contribution in [0.4, 0.5) is 11.5 Å². The molecule has 100 valence electrons. The highest BCUT2D eigenvalue weighted by atomic mass is 15.2. The first kappa shape index (κ1) is 12.3. The van der Waals surface area contributed by atoms with Crippen molar-refractivity contribution < 1.29 is 0 Å². The lowest BCUT2D eigenvalue weighted by Gasteiger charge is -2.25. The van der Waals surface area contributed by atoms with Crippen molar-refractivity contribution >= 4 is 22.4 Å². The summed E-state index contributed by atoms with van der Waals surface area (Å²) in [6.07, 6.45) is 2.60. The molecule has 0 spiro atoms. The van der Waals surface area contributed by atoms with E-state index in [-0.39, 0.29) is 0 Å². The molecule has 0 bridgehead atoms. The highest BCUT2D eigenvalue weighted by Crippen LogP contribution is 2.32.